The monoisotopic (exact) mass is 280 g/mol. The van der Waals surface area contributed by atoms with Crippen LogP contribution in [-0.4, -0.2) is 36.5 Å². The van der Waals surface area contributed by atoms with Gasteiger partial charge < -0.3 is 10.2 Å². The van der Waals surface area contributed by atoms with Gasteiger partial charge in [-0.25, -0.2) is 0 Å². The average Bonchev–Trinajstić information content (AvgIpc) is 2.96. The van der Waals surface area contributed by atoms with Crippen molar-refractivity contribution >= 4 is 5.91 Å². The lowest BCUT2D eigenvalue weighted by Gasteiger charge is -2.37. The molecule has 3 nitrogen and oxygen atoms in total. The van der Waals surface area contributed by atoms with Crippen LogP contribution in [0.2, 0.25) is 0 Å². The highest BCUT2D eigenvalue weighted by Gasteiger charge is 2.28. The Labute approximate surface area is 124 Å². The van der Waals surface area contributed by atoms with Crippen LogP contribution in [0.15, 0.2) is 0 Å². The first kappa shape index (κ1) is 15.8. The zero-order valence-corrected chi connectivity index (χ0v) is 13.4. The molecule has 0 aromatic carbocycles. The second-order valence-corrected chi connectivity index (χ2v) is 6.86. The Hall–Kier alpha value is -0.570. The van der Waals surface area contributed by atoms with E-state index in [4.69, 9.17) is 0 Å². The highest BCUT2D eigenvalue weighted by Crippen LogP contribution is 2.29. The molecule has 20 heavy (non-hydrogen) atoms. The van der Waals surface area contributed by atoms with Crippen molar-refractivity contribution < 1.29 is 4.79 Å². The molecule has 1 aliphatic carbocycles. The van der Waals surface area contributed by atoms with Gasteiger partial charge in [0.2, 0.25) is 5.91 Å². The molecule has 1 amide bonds. The van der Waals surface area contributed by atoms with E-state index in [2.05, 4.69) is 24.1 Å². The zero-order valence-electron chi connectivity index (χ0n) is 13.4. The third kappa shape index (κ3) is 4.47. The highest BCUT2D eigenvalue weighted by molar-refractivity contribution is 5.76. The lowest BCUT2D eigenvalue weighted by molar-refractivity contribution is -0.133. The maximum Gasteiger partial charge on any atom is 0.222 e. The van der Waals surface area contributed by atoms with Gasteiger partial charge in [-0.3, -0.25) is 4.79 Å². The quantitative estimate of drug-likeness (QED) is 0.810. The van der Waals surface area contributed by atoms with Crippen LogP contribution in [0.5, 0.6) is 0 Å². The molecule has 2 aliphatic rings. The molecule has 0 radical (unpaired) electrons. The second kappa shape index (κ2) is 8.02. The number of rotatable bonds is 6. The number of amides is 1. The van der Waals surface area contributed by atoms with E-state index in [1.807, 2.05) is 0 Å². The maximum atomic E-state index is 12.3. The van der Waals surface area contributed by atoms with Gasteiger partial charge >= 0.3 is 0 Å². The van der Waals surface area contributed by atoms with Crippen LogP contribution in [0.25, 0.3) is 0 Å². The molecule has 2 fully saturated rings. The lowest BCUT2D eigenvalue weighted by Crippen LogP contribution is -2.50. The van der Waals surface area contributed by atoms with E-state index in [0.717, 1.165) is 44.8 Å². The molecule has 1 saturated heterocycles. The Kier molecular flexibility index (Phi) is 6.34. The van der Waals surface area contributed by atoms with Gasteiger partial charge in [-0.05, 0) is 37.6 Å². The summed E-state index contributed by atoms with van der Waals surface area (Å²) in [5.74, 6) is 1.82. The number of hydrogen-bond acceptors (Lipinski definition) is 2. The van der Waals surface area contributed by atoms with Crippen molar-refractivity contribution in [2.24, 2.45) is 11.8 Å². The van der Waals surface area contributed by atoms with Crippen LogP contribution in [0.3, 0.4) is 0 Å². The molecular formula is C17H32N2O. The van der Waals surface area contributed by atoms with Crippen LogP contribution in [0.1, 0.15) is 65.2 Å². The van der Waals surface area contributed by atoms with Crippen molar-refractivity contribution in [2.45, 2.75) is 71.3 Å². The summed E-state index contributed by atoms with van der Waals surface area (Å²) in [4.78, 5) is 14.4. The van der Waals surface area contributed by atoms with Gasteiger partial charge in [-0.2, -0.15) is 0 Å². The second-order valence-electron chi connectivity index (χ2n) is 6.86. The summed E-state index contributed by atoms with van der Waals surface area (Å²) in [6.45, 7) is 7.49. The molecule has 0 aromatic heterocycles. The largest absolute Gasteiger partial charge is 0.342 e. The van der Waals surface area contributed by atoms with E-state index in [0.29, 0.717) is 17.9 Å². The third-order valence-corrected chi connectivity index (χ3v) is 5.16. The minimum atomic E-state index is 0.401. The van der Waals surface area contributed by atoms with Gasteiger partial charge in [0.05, 0.1) is 0 Å². The smallest absolute Gasteiger partial charge is 0.222 e. The first-order valence-electron chi connectivity index (χ1n) is 8.72. The molecule has 1 N–H and O–H groups in total. The summed E-state index contributed by atoms with van der Waals surface area (Å²) in [6, 6.07) is 0.605. The van der Waals surface area contributed by atoms with Gasteiger partial charge in [-0.1, -0.05) is 39.5 Å². The third-order valence-electron chi connectivity index (χ3n) is 5.16. The summed E-state index contributed by atoms with van der Waals surface area (Å²) in [7, 11) is 0. The standard InChI is InChI=1S/C17H32N2O/c1-3-11-18-16-10-12-19(13-14(16)2)17(20)9-8-15-6-4-5-7-15/h14-16,18H,3-13H2,1-2H3. The molecule has 0 spiro atoms. The minimum Gasteiger partial charge on any atom is -0.342 e. The van der Waals surface area contributed by atoms with Crippen LogP contribution in [0.4, 0.5) is 0 Å². The summed E-state index contributed by atoms with van der Waals surface area (Å²) < 4.78 is 0. The fraction of sp³-hybridized carbons (Fsp3) is 0.941. The van der Waals surface area contributed by atoms with Gasteiger partial charge in [0.15, 0.2) is 0 Å². The summed E-state index contributed by atoms with van der Waals surface area (Å²) in [5.41, 5.74) is 0. The topological polar surface area (TPSA) is 32.3 Å². The Bertz CT molecular complexity index is 299. The maximum absolute atomic E-state index is 12.3. The van der Waals surface area contributed by atoms with E-state index in [1.54, 1.807) is 0 Å². The van der Waals surface area contributed by atoms with Crippen molar-refractivity contribution in [1.29, 1.82) is 0 Å². The van der Waals surface area contributed by atoms with Crippen molar-refractivity contribution in [3.8, 4) is 0 Å². The average molecular weight is 280 g/mol. The Morgan fingerprint density at radius 1 is 1.25 bits per heavy atom. The molecule has 1 saturated carbocycles. The van der Waals surface area contributed by atoms with Crippen LogP contribution in [0, 0.1) is 11.8 Å². The molecule has 116 valence electrons. The highest BCUT2D eigenvalue weighted by atomic mass is 16.2. The normalized spacial score (nSPS) is 28.0. The van der Waals surface area contributed by atoms with Gasteiger partial charge in [0.25, 0.3) is 0 Å². The number of carbonyl (C=O) groups is 1. The fourth-order valence-electron chi connectivity index (χ4n) is 3.79. The number of piperidine rings is 1. The van der Waals surface area contributed by atoms with Crippen molar-refractivity contribution in [3.63, 3.8) is 0 Å². The summed E-state index contributed by atoms with van der Waals surface area (Å²) in [5, 5.41) is 3.62. The number of nitrogens with zero attached hydrogens (tertiary/aromatic N) is 1. The first-order valence-corrected chi connectivity index (χ1v) is 8.72. The van der Waals surface area contributed by atoms with Gasteiger partial charge in [0, 0.05) is 25.6 Å². The molecule has 2 atom stereocenters. The molecular weight excluding hydrogens is 248 g/mol. The first-order chi connectivity index (χ1) is 9.70. The van der Waals surface area contributed by atoms with Crippen LogP contribution < -0.4 is 5.32 Å². The number of carbonyl (C=O) groups excluding carboxylic acids is 1. The van der Waals surface area contributed by atoms with E-state index in [9.17, 15) is 4.79 Å². The van der Waals surface area contributed by atoms with Crippen molar-refractivity contribution in [3.05, 3.63) is 0 Å². The molecule has 0 aromatic rings. The predicted octanol–water partition coefficient (Wildman–Crippen LogP) is 3.19. The molecule has 2 rings (SSSR count). The van der Waals surface area contributed by atoms with Crippen molar-refractivity contribution in [2.75, 3.05) is 19.6 Å². The minimum absolute atomic E-state index is 0.401. The summed E-state index contributed by atoms with van der Waals surface area (Å²) in [6.07, 6.45) is 9.68. The van der Waals surface area contributed by atoms with E-state index < -0.39 is 0 Å². The number of nitrogens with one attached hydrogen (secondary N) is 1. The Morgan fingerprint density at radius 3 is 2.65 bits per heavy atom. The predicted molar refractivity (Wildman–Crippen MR) is 83.6 cm³/mol. The summed E-state index contributed by atoms with van der Waals surface area (Å²) >= 11 is 0. The number of hydrogen-bond donors (Lipinski definition) is 1. The number of likely N-dealkylation sites (tertiary alicyclic amines) is 1. The van der Waals surface area contributed by atoms with E-state index in [1.165, 1.54) is 32.1 Å². The molecule has 2 unspecified atom stereocenters. The lowest BCUT2D eigenvalue weighted by atomic mass is 9.93. The van der Waals surface area contributed by atoms with Crippen LogP contribution in [-0.2, 0) is 4.79 Å². The zero-order chi connectivity index (χ0) is 14.4. The van der Waals surface area contributed by atoms with Crippen molar-refractivity contribution in [1.82, 2.24) is 10.2 Å². The molecule has 1 heterocycles. The van der Waals surface area contributed by atoms with Gasteiger partial charge in [0.1, 0.15) is 0 Å². The SMILES string of the molecule is CCCNC1CCN(C(=O)CCC2CCCC2)CC1C. The van der Waals surface area contributed by atoms with Gasteiger partial charge in [-0.15, -0.1) is 0 Å². The molecule has 1 aliphatic heterocycles. The van der Waals surface area contributed by atoms with E-state index >= 15 is 0 Å². The Morgan fingerprint density at radius 2 is 2.00 bits per heavy atom. The van der Waals surface area contributed by atoms with Crippen LogP contribution >= 0.6 is 0 Å². The Balaban J connectivity index is 1.69. The van der Waals surface area contributed by atoms with E-state index in [-0.39, 0.29) is 0 Å². The molecule has 3 heteroatoms. The fourth-order valence-corrected chi connectivity index (χ4v) is 3.79. The molecule has 0 bridgehead atoms.